The molecule has 1 saturated heterocycles. The third-order valence-corrected chi connectivity index (χ3v) is 3.06. The van der Waals surface area contributed by atoms with Crippen LogP contribution in [0.5, 0.6) is 0 Å². The van der Waals surface area contributed by atoms with Crippen LogP contribution in [0.4, 0.5) is 13.2 Å². The smallest absolute Gasteiger partial charge is 0.355 e. The molecule has 1 N–H and O–H groups in total. The first-order chi connectivity index (χ1) is 8.12. The summed E-state index contributed by atoms with van der Waals surface area (Å²) in [6.07, 6.45) is -4.30. The second kappa shape index (κ2) is 4.96. The van der Waals surface area contributed by atoms with Crippen molar-refractivity contribution in [3.63, 3.8) is 0 Å². The maximum absolute atomic E-state index is 12.5. The summed E-state index contributed by atoms with van der Waals surface area (Å²) >= 11 is 0. The predicted octanol–water partition coefficient (Wildman–Crippen LogP) is 3.70. The molecule has 0 aliphatic carbocycles. The van der Waals surface area contributed by atoms with E-state index in [0.717, 1.165) is 12.1 Å². The Morgan fingerprint density at radius 3 is 2.00 bits per heavy atom. The van der Waals surface area contributed by atoms with Crippen LogP contribution in [-0.2, 0) is 16.6 Å². The second-order valence-electron chi connectivity index (χ2n) is 5.41. The molecule has 0 aromatic heterocycles. The van der Waals surface area contributed by atoms with Gasteiger partial charge in [0.05, 0.1) is 12.2 Å². The van der Waals surface area contributed by atoms with Crippen molar-refractivity contribution in [2.75, 3.05) is 6.61 Å². The van der Waals surface area contributed by atoms with Crippen LogP contribution in [0.1, 0.15) is 31.9 Å². The van der Waals surface area contributed by atoms with Gasteiger partial charge in [-0.25, -0.2) is 0 Å². The largest absolute Gasteiger partial charge is 0.416 e. The molecular weight excluding hydrogens is 279 g/mol. The Morgan fingerprint density at radius 1 is 1.11 bits per heavy atom. The summed E-state index contributed by atoms with van der Waals surface area (Å²) in [5.74, 6) is 0. The number of nitrogens with one attached hydrogen (secondary N) is 1. The van der Waals surface area contributed by atoms with Gasteiger partial charge in [-0.15, -0.1) is 12.4 Å². The van der Waals surface area contributed by atoms with Crippen molar-refractivity contribution >= 4 is 12.4 Å². The summed E-state index contributed by atoms with van der Waals surface area (Å²) in [4.78, 5) is 0. The quantitative estimate of drug-likeness (QED) is 0.853. The number of hydrogen-bond acceptors (Lipinski definition) is 2. The maximum Gasteiger partial charge on any atom is 0.416 e. The van der Waals surface area contributed by atoms with E-state index >= 15 is 0 Å². The summed E-state index contributed by atoms with van der Waals surface area (Å²) in [6, 6.07) is 5.07. The molecule has 108 valence electrons. The van der Waals surface area contributed by atoms with Crippen molar-refractivity contribution in [1.29, 1.82) is 0 Å². The van der Waals surface area contributed by atoms with Gasteiger partial charge in [-0.2, -0.15) is 13.2 Å². The van der Waals surface area contributed by atoms with Gasteiger partial charge in [-0.05, 0) is 38.5 Å². The van der Waals surface area contributed by atoms with Gasteiger partial charge in [0, 0.05) is 5.54 Å². The number of ether oxygens (including phenoxy) is 1. The monoisotopic (exact) mass is 295 g/mol. The molecule has 1 unspecified atom stereocenters. The van der Waals surface area contributed by atoms with Crippen LogP contribution in [0, 0.1) is 0 Å². The Morgan fingerprint density at radius 2 is 1.63 bits per heavy atom. The topological polar surface area (TPSA) is 21.3 Å². The second-order valence-corrected chi connectivity index (χ2v) is 5.41. The molecule has 0 bridgehead atoms. The molecule has 0 saturated carbocycles. The highest BCUT2D eigenvalue weighted by atomic mass is 35.5. The molecule has 1 aliphatic rings. The average Bonchev–Trinajstić information content (AvgIpc) is 2.53. The van der Waals surface area contributed by atoms with Gasteiger partial charge in [-0.3, -0.25) is 5.32 Å². The minimum atomic E-state index is -4.30. The lowest BCUT2D eigenvalue weighted by Gasteiger charge is -2.27. The SMILES string of the molecule is CC1(C)COC(C)(c2ccc(C(F)(F)F)cc2)N1.Cl. The molecule has 1 atom stereocenters. The summed E-state index contributed by atoms with van der Waals surface area (Å²) in [6.45, 7) is 6.32. The third-order valence-electron chi connectivity index (χ3n) is 3.06. The lowest BCUT2D eigenvalue weighted by atomic mass is 10.0. The highest BCUT2D eigenvalue weighted by molar-refractivity contribution is 5.85. The summed E-state index contributed by atoms with van der Waals surface area (Å²) in [5.41, 5.74) is -0.862. The standard InChI is InChI=1S/C13H16F3NO.ClH/c1-11(2)8-18-12(3,17-11)9-4-6-10(7-5-9)13(14,15)16;/h4-7,17H,8H2,1-3H3;1H. The highest BCUT2D eigenvalue weighted by Gasteiger charge is 2.41. The van der Waals surface area contributed by atoms with Crippen LogP contribution in [0.25, 0.3) is 0 Å². The minimum absolute atomic E-state index is 0. The first kappa shape index (κ1) is 16.3. The number of halogens is 4. The Balaban J connectivity index is 0.00000180. The van der Waals surface area contributed by atoms with E-state index in [1.807, 2.05) is 20.8 Å². The van der Waals surface area contributed by atoms with E-state index in [4.69, 9.17) is 4.74 Å². The molecule has 1 fully saturated rings. The van der Waals surface area contributed by atoms with Crippen LogP contribution in [0.2, 0.25) is 0 Å². The van der Waals surface area contributed by atoms with Crippen molar-refractivity contribution in [3.8, 4) is 0 Å². The first-order valence-corrected chi connectivity index (χ1v) is 5.73. The summed E-state index contributed by atoms with van der Waals surface area (Å²) in [7, 11) is 0. The van der Waals surface area contributed by atoms with Gasteiger partial charge in [0.1, 0.15) is 5.72 Å². The van der Waals surface area contributed by atoms with Crippen LogP contribution in [0.15, 0.2) is 24.3 Å². The van der Waals surface area contributed by atoms with Crippen molar-refractivity contribution in [2.45, 2.75) is 38.2 Å². The van der Waals surface area contributed by atoms with E-state index < -0.39 is 17.5 Å². The van der Waals surface area contributed by atoms with E-state index in [1.165, 1.54) is 12.1 Å². The Kier molecular flexibility index (Phi) is 4.25. The van der Waals surface area contributed by atoms with Crippen LogP contribution < -0.4 is 5.32 Å². The first-order valence-electron chi connectivity index (χ1n) is 5.73. The molecule has 1 aromatic carbocycles. The average molecular weight is 296 g/mol. The van der Waals surface area contributed by atoms with Gasteiger partial charge in [0.25, 0.3) is 0 Å². The van der Waals surface area contributed by atoms with Crippen molar-refractivity contribution < 1.29 is 17.9 Å². The molecule has 19 heavy (non-hydrogen) atoms. The van der Waals surface area contributed by atoms with Gasteiger partial charge >= 0.3 is 6.18 Å². The van der Waals surface area contributed by atoms with E-state index in [1.54, 1.807) is 0 Å². The zero-order chi connectivity index (χ0) is 13.6. The van der Waals surface area contributed by atoms with Gasteiger partial charge < -0.3 is 4.74 Å². The number of rotatable bonds is 1. The number of alkyl halides is 3. The van der Waals surface area contributed by atoms with Crippen molar-refractivity contribution in [2.24, 2.45) is 0 Å². The number of benzene rings is 1. The van der Waals surface area contributed by atoms with Gasteiger partial charge in [-0.1, -0.05) is 12.1 Å². The van der Waals surface area contributed by atoms with Gasteiger partial charge in [0.15, 0.2) is 0 Å². The van der Waals surface area contributed by atoms with Crippen molar-refractivity contribution in [1.82, 2.24) is 5.32 Å². The third kappa shape index (κ3) is 3.41. The van der Waals surface area contributed by atoms with Crippen LogP contribution in [0.3, 0.4) is 0 Å². The fourth-order valence-corrected chi connectivity index (χ4v) is 2.18. The van der Waals surface area contributed by atoms with Crippen LogP contribution in [-0.4, -0.2) is 12.1 Å². The Bertz CT molecular complexity index is 444. The molecule has 0 amide bonds. The van der Waals surface area contributed by atoms with E-state index in [2.05, 4.69) is 5.32 Å². The predicted molar refractivity (Wildman–Crippen MR) is 69.2 cm³/mol. The Hall–Kier alpha value is -0.780. The molecule has 2 rings (SSSR count). The zero-order valence-electron chi connectivity index (χ0n) is 11.0. The molecule has 6 heteroatoms. The lowest BCUT2D eigenvalue weighted by Crippen LogP contribution is -2.44. The van der Waals surface area contributed by atoms with Crippen LogP contribution >= 0.6 is 12.4 Å². The summed E-state index contributed by atoms with van der Waals surface area (Å²) in [5, 5.41) is 3.28. The van der Waals surface area contributed by atoms with E-state index in [9.17, 15) is 13.2 Å². The zero-order valence-corrected chi connectivity index (χ0v) is 11.8. The van der Waals surface area contributed by atoms with Crippen molar-refractivity contribution in [3.05, 3.63) is 35.4 Å². The summed E-state index contributed by atoms with van der Waals surface area (Å²) < 4.78 is 43.1. The highest BCUT2D eigenvalue weighted by Crippen LogP contribution is 2.34. The molecule has 0 radical (unpaired) electrons. The molecule has 2 nitrogen and oxygen atoms in total. The Labute approximate surface area is 116 Å². The normalized spacial score (nSPS) is 26.0. The van der Waals surface area contributed by atoms with E-state index in [-0.39, 0.29) is 17.9 Å². The molecular formula is C13H17ClF3NO. The van der Waals surface area contributed by atoms with Gasteiger partial charge in [0.2, 0.25) is 0 Å². The maximum atomic E-state index is 12.5. The lowest BCUT2D eigenvalue weighted by molar-refractivity contribution is -0.137. The molecule has 1 heterocycles. The molecule has 1 aliphatic heterocycles. The fourth-order valence-electron chi connectivity index (χ4n) is 2.18. The number of hydrogen-bond donors (Lipinski definition) is 1. The fraction of sp³-hybridized carbons (Fsp3) is 0.538. The van der Waals surface area contributed by atoms with E-state index in [0.29, 0.717) is 12.2 Å². The molecule has 1 aromatic rings. The minimum Gasteiger partial charge on any atom is -0.355 e. The molecule has 0 spiro atoms.